The van der Waals surface area contributed by atoms with E-state index in [4.69, 9.17) is 56.6 Å². The fourth-order valence-electron chi connectivity index (χ4n) is 8.19. The van der Waals surface area contributed by atoms with Crippen LogP contribution in [0.1, 0.15) is 48.4 Å². The lowest BCUT2D eigenvalue weighted by molar-refractivity contribution is 0.0481. The van der Waals surface area contributed by atoms with Crippen LogP contribution >= 0.6 is 23.2 Å². The first-order valence-corrected chi connectivity index (χ1v) is 20.2. The number of hydrogen-bond donors (Lipinski definition) is 0. The van der Waals surface area contributed by atoms with Crippen LogP contribution in [0, 0.1) is 0 Å². The average Bonchev–Trinajstić information content (AvgIpc) is 3.24. The molecule has 0 radical (unpaired) electrons. The predicted octanol–water partition coefficient (Wildman–Crippen LogP) is 8.74. The Bertz CT molecular complexity index is 2370. The van der Waals surface area contributed by atoms with Crippen LogP contribution < -0.4 is 28.4 Å². The fourth-order valence-corrected chi connectivity index (χ4v) is 8.51. The largest absolute Gasteiger partial charge is 0.493 e. The summed E-state index contributed by atoms with van der Waals surface area (Å²) >= 11 is 13.3. The minimum Gasteiger partial charge on any atom is -0.493 e. The Hall–Kier alpha value is -5.14. The number of fused-ring (bicyclic) bond motifs is 2. The van der Waals surface area contributed by atoms with Gasteiger partial charge in [-0.1, -0.05) is 60.7 Å². The lowest BCUT2D eigenvalue weighted by Gasteiger charge is -2.40. The Kier molecular flexibility index (Phi) is 12.2. The SMILES string of the molecule is COc1cc2nc(Cl)nc(OC3CCN(Cc4ccccc4)C(c4c(OC)c(OC)cc5c(OC6CCN(Cc7ccccc7)CC6)nc(Cl)nc45)C3)c2cc1OC. The van der Waals surface area contributed by atoms with Gasteiger partial charge in [-0.2, -0.15) is 9.97 Å². The highest BCUT2D eigenvalue weighted by Gasteiger charge is 2.37. The normalized spacial score (nSPS) is 18.0. The lowest BCUT2D eigenvalue weighted by atomic mass is 9.90. The van der Waals surface area contributed by atoms with Crippen molar-refractivity contribution in [1.82, 2.24) is 29.7 Å². The topological polar surface area (TPSA) is 113 Å². The van der Waals surface area contributed by atoms with Crippen molar-refractivity contribution in [3.05, 3.63) is 106 Å². The first-order chi connectivity index (χ1) is 28.3. The highest BCUT2D eigenvalue weighted by atomic mass is 35.5. The third-order valence-electron chi connectivity index (χ3n) is 11.0. The Morgan fingerprint density at radius 2 is 1.17 bits per heavy atom. The summed E-state index contributed by atoms with van der Waals surface area (Å²) in [6, 6.07) is 26.1. The molecule has 2 unspecified atom stereocenters. The molecule has 0 spiro atoms. The second kappa shape index (κ2) is 17.8. The van der Waals surface area contributed by atoms with E-state index in [-0.39, 0.29) is 28.8 Å². The Labute approximate surface area is 347 Å². The van der Waals surface area contributed by atoms with Crippen molar-refractivity contribution >= 4 is 45.0 Å². The van der Waals surface area contributed by atoms with Gasteiger partial charge in [0.25, 0.3) is 0 Å². The highest BCUT2D eigenvalue weighted by Crippen LogP contribution is 2.48. The number of ether oxygens (including phenoxy) is 6. The zero-order valence-corrected chi connectivity index (χ0v) is 34.5. The molecule has 8 rings (SSSR count). The summed E-state index contributed by atoms with van der Waals surface area (Å²) in [5.74, 6) is 2.93. The average molecular weight is 826 g/mol. The highest BCUT2D eigenvalue weighted by molar-refractivity contribution is 6.29. The molecule has 6 aromatic rings. The van der Waals surface area contributed by atoms with E-state index in [0.29, 0.717) is 82.5 Å². The van der Waals surface area contributed by atoms with Gasteiger partial charge in [0.2, 0.25) is 22.3 Å². The van der Waals surface area contributed by atoms with Gasteiger partial charge in [-0.3, -0.25) is 9.80 Å². The molecule has 2 atom stereocenters. The first-order valence-electron chi connectivity index (χ1n) is 19.4. The lowest BCUT2D eigenvalue weighted by Crippen LogP contribution is -2.41. The van der Waals surface area contributed by atoms with E-state index in [2.05, 4.69) is 73.3 Å². The molecule has 58 heavy (non-hydrogen) atoms. The van der Waals surface area contributed by atoms with E-state index in [1.165, 1.54) is 11.1 Å². The maximum Gasteiger partial charge on any atom is 0.226 e. The molecule has 2 aromatic heterocycles. The second-order valence-corrected chi connectivity index (χ2v) is 15.2. The van der Waals surface area contributed by atoms with Crippen LogP contribution in [0.4, 0.5) is 0 Å². The molecule has 2 fully saturated rings. The molecule has 2 aliphatic rings. The van der Waals surface area contributed by atoms with Gasteiger partial charge in [0.05, 0.1) is 50.2 Å². The molecule has 0 aliphatic carbocycles. The minimum absolute atomic E-state index is 0.0483. The summed E-state index contributed by atoms with van der Waals surface area (Å²) < 4.78 is 36.9. The molecule has 0 bridgehead atoms. The molecule has 4 aromatic carbocycles. The van der Waals surface area contributed by atoms with Crippen molar-refractivity contribution in [2.45, 2.75) is 57.0 Å². The predicted molar refractivity (Wildman–Crippen MR) is 224 cm³/mol. The van der Waals surface area contributed by atoms with Crippen LogP contribution in [0.25, 0.3) is 21.8 Å². The van der Waals surface area contributed by atoms with E-state index < -0.39 is 0 Å². The number of halogens is 2. The van der Waals surface area contributed by atoms with Crippen molar-refractivity contribution in [2.24, 2.45) is 0 Å². The number of methoxy groups -OCH3 is 4. The maximum atomic E-state index is 6.79. The summed E-state index contributed by atoms with van der Waals surface area (Å²) in [6.07, 6.45) is 2.61. The van der Waals surface area contributed by atoms with Crippen molar-refractivity contribution in [1.29, 1.82) is 0 Å². The van der Waals surface area contributed by atoms with Crippen LogP contribution in [-0.2, 0) is 13.1 Å². The second-order valence-electron chi connectivity index (χ2n) is 14.6. The number of hydrogen-bond acceptors (Lipinski definition) is 12. The van der Waals surface area contributed by atoms with Crippen LogP contribution in [0.3, 0.4) is 0 Å². The van der Waals surface area contributed by atoms with E-state index in [0.717, 1.165) is 38.0 Å². The van der Waals surface area contributed by atoms with Crippen molar-refractivity contribution in [2.75, 3.05) is 48.1 Å². The van der Waals surface area contributed by atoms with E-state index >= 15 is 0 Å². The van der Waals surface area contributed by atoms with Crippen LogP contribution in [0.2, 0.25) is 10.6 Å². The standard InChI is InChI=1S/C44H46Cl2N6O6/c1-53-35-22-31-33(24-36(35)54-2)47-43(45)49-41(31)58-30-17-20-52(26-28-13-9-6-10-14-28)34(21-30)38-39-32(23-37(55-3)40(38)56-4)42(50-44(46)48-39)57-29-15-18-51(19-16-29)25-27-11-7-5-8-12-27/h5-14,22-24,29-30,34H,15-21,25-26H2,1-4H3. The maximum absolute atomic E-state index is 6.79. The number of likely N-dealkylation sites (tertiary alicyclic amines) is 2. The van der Waals surface area contributed by atoms with Crippen molar-refractivity contribution in [3.63, 3.8) is 0 Å². The van der Waals surface area contributed by atoms with Crippen LogP contribution in [-0.4, -0.2) is 90.0 Å². The molecule has 2 aliphatic heterocycles. The van der Waals surface area contributed by atoms with Gasteiger partial charge >= 0.3 is 0 Å². The van der Waals surface area contributed by atoms with Gasteiger partial charge in [0.1, 0.15) is 12.2 Å². The number of aromatic nitrogens is 4. The van der Waals surface area contributed by atoms with Crippen LogP contribution in [0.15, 0.2) is 78.9 Å². The van der Waals surface area contributed by atoms with E-state index in [1.54, 1.807) is 34.5 Å². The van der Waals surface area contributed by atoms with Gasteiger partial charge in [0, 0.05) is 56.8 Å². The van der Waals surface area contributed by atoms with E-state index in [9.17, 15) is 0 Å². The van der Waals surface area contributed by atoms with Gasteiger partial charge in [0.15, 0.2) is 23.0 Å². The molecule has 12 nitrogen and oxygen atoms in total. The van der Waals surface area contributed by atoms with Gasteiger partial charge < -0.3 is 28.4 Å². The Balaban J connectivity index is 1.16. The molecule has 0 saturated carbocycles. The number of piperidine rings is 2. The molecule has 302 valence electrons. The molecule has 4 heterocycles. The minimum atomic E-state index is -0.292. The van der Waals surface area contributed by atoms with E-state index in [1.807, 2.05) is 24.3 Å². The molecular weight excluding hydrogens is 779 g/mol. The molecule has 0 amide bonds. The fraction of sp³-hybridized carbons (Fsp3) is 0.364. The van der Waals surface area contributed by atoms with Crippen LogP contribution in [0.5, 0.6) is 34.8 Å². The van der Waals surface area contributed by atoms with Crippen molar-refractivity contribution < 1.29 is 28.4 Å². The number of rotatable bonds is 13. The summed E-state index contributed by atoms with van der Waals surface area (Å²) in [4.78, 5) is 23.4. The number of nitrogens with zero attached hydrogens (tertiary/aromatic N) is 6. The summed E-state index contributed by atoms with van der Waals surface area (Å²) in [5.41, 5.74) is 4.49. The summed E-state index contributed by atoms with van der Waals surface area (Å²) in [7, 11) is 6.44. The summed E-state index contributed by atoms with van der Waals surface area (Å²) in [5, 5.41) is 1.50. The Morgan fingerprint density at radius 1 is 0.603 bits per heavy atom. The smallest absolute Gasteiger partial charge is 0.226 e. The van der Waals surface area contributed by atoms with Crippen molar-refractivity contribution in [3.8, 4) is 34.8 Å². The molecular formula is C44H46Cl2N6O6. The zero-order valence-electron chi connectivity index (χ0n) is 33.0. The monoisotopic (exact) mass is 824 g/mol. The number of benzene rings is 4. The first kappa shape index (κ1) is 39.7. The Morgan fingerprint density at radius 3 is 1.83 bits per heavy atom. The van der Waals surface area contributed by atoms with Gasteiger partial charge in [-0.25, -0.2) is 9.97 Å². The molecule has 14 heteroatoms. The quantitative estimate of drug-likeness (QED) is 0.104. The van der Waals surface area contributed by atoms with Gasteiger partial charge in [-0.05, 0) is 65.7 Å². The zero-order chi connectivity index (χ0) is 40.2. The van der Waals surface area contributed by atoms with Gasteiger partial charge in [-0.15, -0.1) is 0 Å². The summed E-state index contributed by atoms with van der Waals surface area (Å²) in [6.45, 7) is 4.07. The third-order valence-corrected chi connectivity index (χ3v) is 11.4. The third kappa shape index (κ3) is 8.51. The molecule has 2 saturated heterocycles. The molecule has 0 N–H and O–H groups in total.